The highest BCUT2D eigenvalue weighted by molar-refractivity contribution is 5.21. The monoisotopic (exact) mass is 294 g/mol. The SMILES string of the molecule is CCCn1nncc1C(Cc1cc(F)cc(F)c1)NCC. The number of aromatic nitrogens is 3. The van der Waals surface area contributed by atoms with Crippen molar-refractivity contribution in [2.45, 2.75) is 39.3 Å². The van der Waals surface area contributed by atoms with Crippen LogP contribution in [0.2, 0.25) is 0 Å². The van der Waals surface area contributed by atoms with E-state index in [0.717, 1.165) is 31.3 Å². The molecule has 1 heterocycles. The van der Waals surface area contributed by atoms with Crippen molar-refractivity contribution in [2.75, 3.05) is 6.54 Å². The van der Waals surface area contributed by atoms with Crippen LogP contribution in [0.4, 0.5) is 8.78 Å². The van der Waals surface area contributed by atoms with E-state index in [1.807, 2.05) is 11.6 Å². The molecule has 114 valence electrons. The predicted octanol–water partition coefficient (Wildman–Crippen LogP) is 2.86. The highest BCUT2D eigenvalue weighted by Crippen LogP contribution is 2.19. The first-order chi connectivity index (χ1) is 10.1. The van der Waals surface area contributed by atoms with E-state index >= 15 is 0 Å². The smallest absolute Gasteiger partial charge is 0.126 e. The van der Waals surface area contributed by atoms with E-state index in [2.05, 4.69) is 22.6 Å². The Hall–Kier alpha value is -1.82. The first-order valence-corrected chi connectivity index (χ1v) is 7.20. The van der Waals surface area contributed by atoms with Gasteiger partial charge in [0.1, 0.15) is 11.6 Å². The van der Waals surface area contributed by atoms with Crippen LogP contribution in [-0.2, 0) is 13.0 Å². The van der Waals surface area contributed by atoms with Gasteiger partial charge in [0.2, 0.25) is 0 Å². The first kappa shape index (κ1) is 15.6. The fourth-order valence-corrected chi connectivity index (χ4v) is 2.41. The molecule has 2 rings (SSSR count). The third-order valence-corrected chi connectivity index (χ3v) is 3.25. The van der Waals surface area contributed by atoms with Crippen LogP contribution in [0.1, 0.15) is 37.6 Å². The zero-order valence-corrected chi connectivity index (χ0v) is 12.3. The van der Waals surface area contributed by atoms with Gasteiger partial charge < -0.3 is 5.32 Å². The van der Waals surface area contributed by atoms with Crippen molar-refractivity contribution in [2.24, 2.45) is 0 Å². The van der Waals surface area contributed by atoms with Crippen molar-refractivity contribution in [1.82, 2.24) is 20.3 Å². The van der Waals surface area contributed by atoms with Crippen LogP contribution in [0.5, 0.6) is 0 Å². The number of likely N-dealkylation sites (N-methyl/N-ethyl adjacent to an activating group) is 1. The standard InChI is InChI=1S/C15H20F2N4/c1-3-5-21-15(10-19-20-21)14(18-4-2)8-11-6-12(16)9-13(17)7-11/h6-7,9-10,14,18H,3-5,8H2,1-2H3. The maximum atomic E-state index is 13.3. The lowest BCUT2D eigenvalue weighted by atomic mass is 10.0. The summed E-state index contributed by atoms with van der Waals surface area (Å²) in [6, 6.07) is 3.54. The Kier molecular flexibility index (Phi) is 5.38. The quantitative estimate of drug-likeness (QED) is 0.854. The van der Waals surface area contributed by atoms with Gasteiger partial charge in [0.25, 0.3) is 0 Å². The maximum absolute atomic E-state index is 13.3. The zero-order valence-electron chi connectivity index (χ0n) is 12.3. The molecule has 1 unspecified atom stereocenters. The molecule has 0 fully saturated rings. The Balaban J connectivity index is 2.24. The highest BCUT2D eigenvalue weighted by Gasteiger charge is 2.17. The summed E-state index contributed by atoms with van der Waals surface area (Å²) in [7, 11) is 0. The number of benzene rings is 1. The fourth-order valence-electron chi connectivity index (χ4n) is 2.41. The molecular weight excluding hydrogens is 274 g/mol. The molecule has 0 bridgehead atoms. The topological polar surface area (TPSA) is 42.7 Å². The van der Waals surface area contributed by atoms with Crippen LogP contribution in [0.25, 0.3) is 0 Å². The van der Waals surface area contributed by atoms with Crippen molar-refractivity contribution in [3.8, 4) is 0 Å². The summed E-state index contributed by atoms with van der Waals surface area (Å²) in [6.45, 7) is 5.58. The molecule has 0 radical (unpaired) electrons. The molecule has 0 saturated carbocycles. The number of hydrogen-bond acceptors (Lipinski definition) is 3. The van der Waals surface area contributed by atoms with Gasteiger partial charge in [0.15, 0.2) is 0 Å². The third-order valence-electron chi connectivity index (χ3n) is 3.25. The number of rotatable bonds is 7. The molecule has 21 heavy (non-hydrogen) atoms. The summed E-state index contributed by atoms with van der Waals surface area (Å²) in [4.78, 5) is 0. The summed E-state index contributed by atoms with van der Waals surface area (Å²) in [5.41, 5.74) is 1.55. The third kappa shape index (κ3) is 4.07. The molecular formula is C15H20F2N4. The van der Waals surface area contributed by atoms with E-state index < -0.39 is 11.6 Å². The first-order valence-electron chi connectivity index (χ1n) is 7.20. The van der Waals surface area contributed by atoms with Crippen LogP contribution in [0, 0.1) is 11.6 Å². The van der Waals surface area contributed by atoms with E-state index in [1.165, 1.54) is 12.1 Å². The van der Waals surface area contributed by atoms with Gasteiger partial charge in [-0.1, -0.05) is 19.1 Å². The van der Waals surface area contributed by atoms with Gasteiger partial charge in [-0.3, -0.25) is 0 Å². The molecule has 0 aliphatic carbocycles. The molecule has 0 amide bonds. The lowest BCUT2D eigenvalue weighted by molar-refractivity contribution is 0.472. The minimum absolute atomic E-state index is 0.0715. The molecule has 0 spiro atoms. The second-order valence-corrected chi connectivity index (χ2v) is 4.97. The normalized spacial score (nSPS) is 12.6. The van der Waals surface area contributed by atoms with E-state index in [0.29, 0.717) is 12.0 Å². The summed E-state index contributed by atoms with van der Waals surface area (Å²) < 4.78 is 28.5. The van der Waals surface area contributed by atoms with E-state index in [1.54, 1.807) is 6.20 Å². The van der Waals surface area contributed by atoms with Crippen LogP contribution in [0.3, 0.4) is 0 Å². The number of nitrogens with zero attached hydrogens (tertiary/aromatic N) is 3. The van der Waals surface area contributed by atoms with Crippen molar-refractivity contribution in [3.05, 3.63) is 47.3 Å². The number of nitrogens with one attached hydrogen (secondary N) is 1. The van der Waals surface area contributed by atoms with Crippen molar-refractivity contribution in [3.63, 3.8) is 0 Å². The number of aryl methyl sites for hydroxylation is 1. The van der Waals surface area contributed by atoms with Gasteiger partial charge in [-0.2, -0.15) is 0 Å². The van der Waals surface area contributed by atoms with E-state index in [-0.39, 0.29) is 6.04 Å². The molecule has 0 aliphatic rings. The second-order valence-electron chi connectivity index (χ2n) is 4.97. The molecule has 0 aliphatic heterocycles. The van der Waals surface area contributed by atoms with Gasteiger partial charge in [-0.15, -0.1) is 5.10 Å². The van der Waals surface area contributed by atoms with Crippen molar-refractivity contribution >= 4 is 0 Å². The second kappa shape index (κ2) is 7.26. The molecule has 1 N–H and O–H groups in total. The van der Waals surface area contributed by atoms with Crippen molar-refractivity contribution in [1.29, 1.82) is 0 Å². The van der Waals surface area contributed by atoms with E-state index in [9.17, 15) is 8.78 Å². The van der Waals surface area contributed by atoms with E-state index in [4.69, 9.17) is 0 Å². The molecule has 1 atom stereocenters. The molecule has 1 aromatic heterocycles. The number of hydrogen-bond donors (Lipinski definition) is 1. The van der Waals surface area contributed by atoms with Crippen molar-refractivity contribution < 1.29 is 8.78 Å². The van der Waals surface area contributed by atoms with Crippen LogP contribution >= 0.6 is 0 Å². The molecule has 2 aromatic rings. The zero-order chi connectivity index (χ0) is 15.2. The molecule has 6 heteroatoms. The van der Waals surface area contributed by atoms with Crippen LogP contribution in [0.15, 0.2) is 24.4 Å². The lowest BCUT2D eigenvalue weighted by Gasteiger charge is -2.19. The van der Waals surface area contributed by atoms with Gasteiger partial charge >= 0.3 is 0 Å². The Morgan fingerprint density at radius 3 is 2.52 bits per heavy atom. The maximum Gasteiger partial charge on any atom is 0.126 e. The van der Waals surface area contributed by atoms with Gasteiger partial charge in [0.05, 0.1) is 17.9 Å². The fraction of sp³-hybridized carbons (Fsp3) is 0.467. The highest BCUT2D eigenvalue weighted by atomic mass is 19.1. The number of halogens is 2. The minimum atomic E-state index is -0.555. The van der Waals surface area contributed by atoms with Gasteiger partial charge in [-0.25, -0.2) is 13.5 Å². The lowest BCUT2D eigenvalue weighted by Crippen LogP contribution is -2.26. The summed E-state index contributed by atoms with van der Waals surface area (Å²) >= 11 is 0. The summed E-state index contributed by atoms with van der Waals surface area (Å²) in [6.07, 6.45) is 3.14. The molecule has 1 aromatic carbocycles. The Morgan fingerprint density at radius 1 is 1.19 bits per heavy atom. The minimum Gasteiger partial charge on any atom is -0.309 e. The average Bonchev–Trinajstić information content (AvgIpc) is 2.86. The van der Waals surface area contributed by atoms with Crippen LogP contribution in [-0.4, -0.2) is 21.5 Å². The average molecular weight is 294 g/mol. The largest absolute Gasteiger partial charge is 0.309 e. The van der Waals surface area contributed by atoms with Gasteiger partial charge in [-0.05, 0) is 37.1 Å². The predicted molar refractivity (Wildman–Crippen MR) is 76.8 cm³/mol. The van der Waals surface area contributed by atoms with Crippen LogP contribution < -0.4 is 5.32 Å². The summed E-state index contributed by atoms with van der Waals surface area (Å²) in [5.74, 6) is -1.11. The van der Waals surface area contributed by atoms with Gasteiger partial charge in [0, 0.05) is 12.6 Å². The Bertz CT molecular complexity index is 563. The summed E-state index contributed by atoms with van der Waals surface area (Å²) in [5, 5.41) is 11.3. The molecule has 0 saturated heterocycles. The Labute approximate surface area is 123 Å². The Morgan fingerprint density at radius 2 is 1.90 bits per heavy atom. The molecule has 4 nitrogen and oxygen atoms in total.